The maximum Gasteiger partial charge on any atom is 0.0640 e. The van der Waals surface area contributed by atoms with Crippen LogP contribution in [0.2, 0.25) is 0 Å². The van der Waals surface area contributed by atoms with Gasteiger partial charge in [0.2, 0.25) is 0 Å². The third-order valence-corrected chi connectivity index (χ3v) is 20.7. The molecule has 2 aromatic heterocycles. The van der Waals surface area contributed by atoms with Crippen molar-refractivity contribution in [1.29, 1.82) is 0 Å². The fraction of sp³-hybridized carbons (Fsp3) is 0.119. The monoisotopic (exact) mass is 1160 g/mol. The Balaban J connectivity index is 1.16. The summed E-state index contributed by atoms with van der Waals surface area (Å²) in [6.45, 7) is 7.28. The first kappa shape index (κ1) is 42.5. The number of aryl methyl sites for hydroxylation is 2. The zero-order valence-corrected chi connectivity index (χ0v) is 44.6. The molecule has 2 nitrogen and oxygen atoms in total. The molecule has 0 aliphatic heterocycles. The van der Waals surface area contributed by atoms with Gasteiger partial charge in [-0.15, -0.1) is 22.7 Å². The molecule has 1 aliphatic rings. The highest BCUT2D eigenvalue weighted by atomic mass is 127. The number of rotatable bonds is 9. The van der Waals surface area contributed by atoms with Crippen molar-refractivity contribution in [3.8, 4) is 0 Å². The van der Waals surface area contributed by atoms with Crippen molar-refractivity contribution in [2.75, 3.05) is 9.80 Å². The molecule has 0 N–H and O–H groups in total. The Morgan fingerprint density at radius 3 is 1.57 bits per heavy atom. The van der Waals surface area contributed by atoms with E-state index in [9.17, 15) is 0 Å². The van der Waals surface area contributed by atoms with Crippen LogP contribution in [0.1, 0.15) is 43.9 Å². The number of fused-ring (bicyclic) bond motifs is 6. The third kappa shape index (κ3) is 6.67. The largest absolute Gasteiger partial charge is 0.308 e. The maximum atomic E-state index is 2.62. The van der Waals surface area contributed by atoms with Gasteiger partial charge >= 0.3 is 0 Å². The summed E-state index contributed by atoms with van der Waals surface area (Å²) in [6, 6.07) is 62.7. The first-order chi connectivity index (χ1) is 32.8. The van der Waals surface area contributed by atoms with E-state index >= 15 is 0 Å². The average Bonchev–Trinajstić information content (AvgIpc) is 3.95. The van der Waals surface area contributed by atoms with Crippen molar-refractivity contribution < 1.29 is 0 Å². The summed E-state index contributed by atoms with van der Waals surface area (Å²) in [7, 11) is 3.53. The molecular weight excluding hydrogens is 1120 g/mol. The van der Waals surface area contributed by atoms with Gasteiger partial charge in [-0.3, -0.25) is 0 Å². The van der Waals surface area contributed by atoms with Crippen LogP contribution in [0.15, 0.2) is 174 Å². The lowest BCUT2D eigenvalue weighted by atomic mass is 9.70. The second-order valence-electron chi connectivity index (χ2n) is 18.4. The lowest BCUT2D eigenvalue weighted by Gasteiger charge is -2.37. The Morgan fingerprint density at radius 2 is 1.01 bits per heavy atom. The van der Waals surface area contributed by atoms with Crippen molar-refractivity contribution >= 4 is 190 Å². The molecule has 1 aliphatic carbocycles. The van der Waals surface area contributed by atoms with E-state index in [0.29, 0.717) is 0 Å². The van der Waals surface area contributed by atoms with Crippen molar-refractivity contribution in [2.45, 2.75) is 55.2 Å². The Labute approximate surface area is 430 Å². The van der Waals surface area contributed by atoms with Gasteiger partial charge in [-0.05, 0) is 149 Å². The van der Waals surface area contributed by atoms with E-state index in [1.807, 2.05) is 22.7 Å². The van der Waals surface area contributed by atoms with Crippen LogP contribution < -0.4 is 9.80 Å². The van der Waals surface area contributed by atoms with Gasteiger partial charge in [-0.25, -0.2) is 0 Å². The molecule has 8 heteroatoms. The predicted molar refractivity (Wildman–Crippen MR) is 316 cm³/mol. The highest BCUT2D eigenvalue weighted by molar-refractivity contribution is 14.2. The molecular formula is C59H42I2N2S4. The van der Waals surface area contributed by atoms with Gasteiger partial charge in [0.15, 0.2) is 0 Å². The van der Waals surface area contributed by atoms with E-state index in [1.54, 1.807) is 17.9 Å². The lowest BCUT2D eigenvalue weighted by molar-refractivity contribution is 0.475. The Bertz CT molecular complexity index is 3930. The summed E-state index contributed by atoms with van der Waals surface area (Å²) in [6.07, 6.45) is 3.03. The number of hydrogen-bond donors (Lipinski definition) is 0. The van der Waals surface area contributed by atoms with E-state index in [-0.39, 0.29) is 5.41 Å². The standard InChI is InChI=1S/C59H42I2N2S4/c1-4-34-31-51(63(37-21-25-39(67-61)26-22-37)49-16-10-14-44-42-12-6-8-18-53(42)65-58(44)49)46-33-47-54-35(29-30-59(47,2)3)32-50(45-28-27-40(34)55(46)56(45)54)62(36-19-23-38(66-60)24-20-36)48-15-9-13-43-41-11-5-7-17-52(41)64-57(43)48/h5-28,31-33H,4,29-30H2,1-3H3. The highest BCUT2D eigenvalue weighted by Crippen LogP contribution is 2.56. The number of benzene rings is 10. The molecule has 0 fully saturated rings. The van der Waals surface area contributed by atoms with E-state index in [0.717, 1.165) is 19.3 Å². The number of hydrogen-bond acceptors (Lipinski definition) is 6. The zero-order valence-electron chi connectivity index (χ0n) is 37.0. The average molecular weight is 1160 g/mol. The predicted octanol–water partition coefficient (Wildman–Crippen LogP) is 20.9. The minimum Gasteiger partial charge on any atom is -0.308 e. The number of thiophene rings is 2. The van der Waals surface area contributed by atoms with Crippen LogP contribution in [0, 0.1) is 0 Å². The van der Waals surface area contributed by atoms with Gasteiger partial charge in [0.05, 0.1) is 32.1 Å². The van der Waals surface area contributed by atoms with Gasteiger partial charge in [0.1, 0.15) is 0 Å². The minimum absolute atomic E-state index is 0.0211. The molecule has 67 heavy (non-hydrogen) atoms. The van der Waals surface area contributed by atoms with Gasteiger partial charge < -0.3 is 9.80 Å². The second kappa shape index (κ2) is 16.6. The molecule has 0 bridgehead atoms. The van der Waals surface area contributed by atoms with Gasteiger partial charge in [0, 0.05) is 111 Å². The van der Waals surface area contributed by atoms with Crippen LogP contribution in [0.5, 0.6) is 0 Å². The zero-order chi connectivity index (χ0) is 45.1. The van der Waals surface area contributed by atoms with Crippen molar-refractivity contribution in [2.24, 2.45) is 0 Å². The topological polar surface area (TPSA) is 6.48 Å². The number of halogens is 2. The quantitative estimate of drug-likeness (QED) is 0.105. The summed E-state index contributed by atoms with van der Waals surface area (Å²) in [5.41, 5.74) is 11.5. The van der Waals surface area contributed by atoms with E-state index in [2.05, 4.69) is 237 Å². The molecule has 0 amide bonds. The Kier molecular flexibility index (Phi) is 10.5. The fourth-order valence-corrected chi connectivity index (χ4v) is 15.8. The summed E-state index contributed by atoms with van der Waals surface area (Å²) in [5.74, 6) is 0. The van der Waals surface area contributed by atoms with E-state index in [4.69, 9.17) is 0 Å². The molecule has 0 atom stereocenters. The van der Waals surface area contributed by atoms with E-state index < -0.39 is 0 Å². The lowest BCUT2D eigenvalue weighted by Crippen LogP contribution is -2.24. The maximum absolute atomic E-state index is 2.62. The van der Waals surface area contributed by atoms with Crippen LogP contribution in [0.3, 0.4) is 0 Å². The molecule has 0 saturated carbocycles. The third-order valence-electron chi connectivity index (χ3n) is 14.4. The van der Waals surface area contributed by atoms with Gasteiger partial charge in [-0.2, -0.15) is 0 Å². The van der Waals surface area contributed by atoms with Crippen LogP contribution in [0.25, 0.3) is 72.7 Å². The van der Waals surface area contributed by atoms with Gasteiger partial charge in [0.25, 0.3) is 0 Å². The molecule has 326 valence electrons. The molecule has 2 heterocycles. The van der Waals surface area contributed by atoms with Crippen molar-refractivity contribution in [3.63, 3.8) is 0 Å². The van der Waals surface area contributed by atoms with Crippen LogP contribution >= 0.6 is 83.0 Å². The summed E-state index contributed by atoms with van der Waals surface area (Å²) in [5, 5.41) is 13.4. The molecule has 12 aromatic rings. The minimum atomic E-state index is -0.0211. The Hall–Kier alpha value is -4.56. The Morgan fingerprint density at radius 1 is 0.493 bits per heavy atom. The second-order valence-corrected chi connectivity index (χ2v) is 24.4. The molecule has 0 unspecified atom stereocenters. The summed E-state index contributed by atoms with van der Waals surface area (Å²) in [4.78, 5) is 7.68. The molecule has 0 spiro atoms. The van der Waals surface area contributed by atoms with Crippen molar-refractivity contribution in [3.05, 3.63) is 180 Å². The van der Waals surface area contributed by atoms with Crippen LogP contribution in [0.4, 0.5) is 34.1 Å². The van der Waals surface area contributed by atoms with Crippen LogP contribution in [-0.4, -0.2) is 0 Å². The first-order valence-corrected chi connectivity index (χ1v) is 31.2. The SMILES string of the molecule is CCc1cc(N(c2ccc(SI)cc2)c2cccc3c2sc2ccccc23)c2cc3c4c(cc(N(c5ccc(SI)cc5)c5cccc6c5sc5ccccc56)c5ccc1c2c54)CCC3(C)C. The summed E-state index contributed by atoms with van der Waals surface area (Å²) >= 11 is 8.62. The van der Waals surface area contributed by atoms with E-state index in [1.165, 1.54) is 133 Å². The van der Waals surface area contributed by atoms with Gasteiger partial charge in [-0.1, -0.05) is 111 Å². The summed E-state index contributed by atoms with van der Waals surface area (Å²) < 4.78 is 5.25. The fourth-order valence-electron chi connectivity index (χ4n) is 11.1. The molecule has 0 saturated heterocycles. The molecule has 10 aromatic carbocycles. The number of anilines is 6. The van der Waals surface area contributed by atoms with Crippen molar-refractivity contribution in [1.82, 2.24) is 0 Å². The number of nitrogens with zero attached hydrogens (tertiary/aromatic N) is 2. The highest BCUT2D eigenvalue weighted by Gasteiger charge is 2.34. The van der Waals surface area contributed by atoms with Crippen LogP contribution in [-0.2, 0) is 18.3 Å². The smallest absolute Gasteiger partial charge is 0.0640 e. The normalized spacial score (nSPS) is 13.6. The molecule has 13 rings (SSSR count). The molecule has 0 radical (unpaired) electrons. The first-order valence-electron chi connectivity index (χ1n) is 22.8.